The second-order valence-corrected chi connectivity index (χ2v) is 7.06. The van der Waals surface area contributed by atoms with Crippen molar-refractivity contribution in [1.29, 1.82) is 5.26 Å². The maximum absolute atomic E-state index is 12.6. The van der Waals surface area contributed by atoms with Gasteiger partial charge in [-0.25, -0.2) is 13.2 Å². The number of benzene rings is 2. The van der Waals surface area contributed by atoms with Crippen molar-refractivity contribution >= 4 is 21.7 Å². The van der Waals surface area contributed by atoms with E-state index >= 15 is 0 Å². The lowest BCUT2D eigenvalue weighted by Crippen LogP contribution is -2.16. The van der Waals surface area contributed by atoms with E-state index in [9.17, 15) is 13.2 Å². The second kappa shape index (κ2) is 6.93. The van der Waals surface area contributed by atoms with E-state index in [4.69, 9.17) is 19.5 Å². The smallest absolute Gasteiger partial charge is 0.339 e. The third kappa shape index (κ3) is 3.70. The van der Waals surface area contributed by atoms with Crippen LogP contribution in [0.3, 0.4) is 0 Å². The lowest BCUT2D eigenvalue weighted by Gasteiger charge is -2.10. The summed E-state index contributed by atoms with van der Waals surface area (Å²) in [6.45, 7) is 1.50. The Labute approximate surface area is 150 Å². The fraction of sp³-hybridized carbons (Fsp3) is 0.176. The number of fused-ring (bicyclic) bond motifs is 1. The van der Waals surface area contributed by atoms with Crippen molar-refractivity contribution in [3.8, 4) is 17.6 Å². The van der Waals surface area contributed by atoms with Crippen molar-refractivity contribution in [2.45, 2.75) is 17.9 Å². The van der Waals surface area contributed by atoms with Crippen LogP contribution < -0.4 is 14.2 Å². The van der Waals surface area contributed by atoms with Crippen molar-refractivity contribution < 1.29 is 27.4 Å². The number of hydrogen-bond donors (Lipinski definition) is 1. The van der Waals surface area contributed by atoms with Gasteiger partial charge in [-0.2, -0.15) is 5.26 Å². The first-order valence-electron chi connectivity index (χ1n) is 7.52. The summed E-state index contributed by atoms with van der Waals surface area (Å²) in [5, 5.41) is 8.69. The lowest BCUT2D eigenvalue weighted by atomic mass is 10.2. The van der Waals surface area contributed by atoms with Gasteiger partial charge >= 0.3 is 5.97 Å². The molecule has 3 rings (SSSR count). The van der Waals surface area contributed by atoms with Crippen molar-refractivity contribution in [3.05, 3.63) is 48.0 Å². The topological polar surface area (TPSA) is 115 Å². The zero-order valence-corrected chi connectivity index (χ0v) is 14.4. The van der Waals surface area contributed by atoms with Gasteiger partial charge in [0.2, 0.25) is 6.79 Å². The SMILES string of the molecule is C[C@H](C#N)OC(=O)c1cccc(S(=O)(=O)Nc2ccc3c(c2)OCO3)c1. The Bertz CT molecular complexity index is 997. The predicted octanol–water partition coefficient (Wildman–Crippen LogP) is 2.28. The van der Waals surface area contributed by atoms with Crippen LogP contribution in [0.1, 0.15) is 17.3 Å². The highest BCUT2D eigenvalue weighted by Gasteiger charge is 2.20. The highest BCUT2D eigenvalue weighted by atomic mass is 32.2. The summed E-state index contributed by atoms with van der Waals surface area (Å²) in [5.41, 5.74) is 0.320. The highest BCUT2D eigenvalue weighted by molar-refractivity contribution is 7.92. The van der Waals surface area contributed by atoms with E-state index in [0.717, 1.165) is 0 Å². The molecule has 1 aliphatic rings. The zero-order valence-electron chi connectivity index (χ0n) is 13.6. The molecule has 2 aromatic carbocycles. The summed E-state index contributed by atoms with van der Waals surface area (Å²) < 4.78 is 42.8. The molecule has 0 bridgehead atoms. The van der Waals surface area contributed by atoms with Crippen LogP contribution >= 0.6 is 0 Å². The molecule has 0 spiro atoms. The Balaban J connectivity index is 1.82. The number of rotatable bonds is 5. The van der Waals surface area contributed by atoms with Crippen molar-refractivity contribution in [2.24, 2.45) is 0 Å². The normalized spacial score (nSPS) is 13.5. The van der Waals surface area contributed by atoms with E-state index < -0.39 is 22.1 Å². The molecule has 0 radical (unpaired) electrons. The number of carbonyl (C=O) groups excluding carboxylic acids is 1. The van der Waals surface area contributed by atoms with E-state index in [0.29, 0.717) is 17.2 Å². The summed E-state index contributed by atoms with van der Waals surface area (Å²) in [4.78, 5) is 11.8. The molecule has 134 valence electrons. The molecule has 0 unspecified atom stereocenters. The van der Waals surface area contributed by atoms with Crippen LogP contribution in [0, 0.1) is 11.3 Å². The number of hydrogen-bond acceptors (Lipinski definition) is 7. The molecule has 1 atom stereocenters. The third-order valence-electron chi connectivity index (χ3n) is 3.47. The number of carbonyl (C=O) groups is 1. The minimum absolute atomic E-state index is 0.0284. The molecule has 0 aromatic heterocycles. The first-order valence-corrected chi connectivity index (χ1v) is 9.00. The van der Waals surface area contributed by atoms with Crippen molar-refractivity contribution in [3.63, 3.8) is 0 Å². The van der Waals surface area contributed by atoms with Gasteiger partial charge in [0.1, 0.15) is 6.07 Å². The molecule has 0 aliphatic carbocycles. The minimum Gasteiger partial charge on any atom is -0.454 e. The number of nitrogens with zero attached hydrogens (tertiary/aromatic N) is 1. The first kappa shape index (κ1) is 17.6. The molecule has 9 heteroatoms. The molecule has 0 saturated carbocycles. The standard InChI is InChI=1S/C17H14N2O6S/c1-11(9-18)25-17(20)12-3-2-4-14(7-12)26(21,22)19-13-5-6-15-16(8-13)24-10-23-15/h2-8,11,19H,10H2,1H3/t11-/m1/s1. The van der Waals surface area contributed by atoms with Crippen LogP contribution in [0.25, 0.3) is 0 Å². The first-order chi connectivity index (χ1) is 12.4. The van der Waals surface area contributed by atoms with Gasteiger partial charge in [-0.1, -0.05) is 6.07 Å². The quantitative estimate of drug-likeness (QED) is 0.798. The number of sulfonamides is 1. The van der Waals surface area contributed by atoms with Crippen LogP contribution in [0.4, 0.5) is 5.69 Å². The Kier molecular flexibility index (Phi) is 4.69. The van der Waals surface area contributed by atoms with E-state index in [2.05, 4.69) is 4.72 Å². The molecule has 0 fully saturated rings. The highest BCUT2D eigenvalue weighted by Crippen LogP contribution is 2.34. The summed E-state index contributed by atoms with van der Waals surface area (Å²) in [5.74, 6) is 0.191. The molecule has 8 nitrogen and oxygen atoms in total. The van der Waals surface area contributed by atoms with Crippen molar-refractivity contribution in [2.75, 3.05) is 11.5 Å². The average Bonchev–Trinajstić information content (AvgIpc) is 3.09. The number of esters is 1. The Morgan fingerprint density at radius 3 is 2.77 bits per heavy atom. The number of nitrogens with one attached hydrogen (secondary N) is 1. The van der Waals surface area contributed by atoms with Gasteiger partial charge in [0.15, 0.2) is 17.6 Å². The zero-order chi connectivity index (χ0) is 18.7. The van der Waals surface area contributed by atoms with E-state index in [-0.39, 0.29) is 17.3 Å². The Hall–Kier alpha value is -3.25. The van der Waals surface area contributed by atoms with Crippen LogP contribution in [0.15, 0.2) is 47.4 Å². The van der Waals surface area contributed by atoms with Gasteiger partial charge in [0.05, 0.1) is 16.1 Å². The molecular weight excluding hydrogens is 360 g/mol. The number of anilines is 1. The number of ether oxygens (including phenoxy) is 3. The van der Waals surface area contributed by atoms with Gasteiger partial charge in [0, 0.05) is 6.07 Å². The molecule has 1 heterocycles. The molecule has 26 heavy (non-hydrogen) atoms. The molecule has 1 N–H and O–H groups in total. The van der Waals surface area contributed by atoms with Gasteiger partial charge in [-0.05, 0) is 37.3 Å². The average molecular weight is 374 g/mol. The van der Waals surface area contributed by atoms with Crippen LogP contribution in [-0.2, 0) is 14.8 Å². The largest absolute Gasteiger partial charge is 0.454 e. The summed E-state index contributed by atoms with van der Waals surface area (Å²) >= 11 is 0. The fourth-order valence-corrected chi connectivity index (χ4v) is 3.31. The Morgan fingerprint density at radius 2 is 2.00 bits per heavy atom. The summed E-state index contributed by atoms with van der Waals surface area (Å²) in [6.07, 6.45) is -0.936. The van der Waals surface area contributed by atoms with Gasteiger partial charge in [0.25, 0.3) is 10.0 Å². The van der Waals surface area contributed by atoms with E-state index in [1.807, 2.05) is 0 Å². The molecule has 2 aromatic rings. The third-order valence-corrected chi connectivity index (χ3v) is 4.85. The Morgan fingerprint density at radius 1 is 1.23 bits per heavy atom. The lowest BCUT2D eigenvalue weighted by molar-refractivity contribution is 0.0435. The molecule has 0 saturated heterocycles. The van der Waals surface area contributed by atoms with Gasteiger partial charge in [-0.15, -0.1) is 0 Å². The molecule has 1 aliphatic heterocycles. The summed E-state index contributed by atoms with van der Waals surface area (Å²) in [7, 11) is -3.94. The molecular formula is C17H14N2O6S. The summed E-state index contributed by atoms with van der Waals surface area (Å²) in [6, 6.07) is 11.8. The van der Waals surface area contributed by atoms with Gasteiger partial charge in [-0.3, -0.25) is 4.72 Å². The van der Waals surface area contributed by atoms with Crippen LogP contribution in [0.2, 0.25) is 0 Å². The fourth-order valence-electron chi connectivity index (χ4n) is 2.22. The minimum atomic E-state index is -3.94. The van der Waals surface area contributed by atoms with E-state index in [1.54, 1.807) is 12.1 Å². The van der Waals surface area contributed by atoms with Crippen LogP contribution in [-0.4, -0.2) is 27.3 Å². The van der Waals surface area contributed by atoms with E-state index in [1.165, 1.54) is 43.3 Å². The van der Waals surface area contributed by atoms with Gasteiger partial charge < -0.3 is 14.2 Å². The number of nitriles is 1. The van der Waals surface area contributed by atoms with Crippen LogP contribution in [0.5, 0.6) is 11.5 Å². The maximum Gasteiger partial charge on any atom is 0.339 e. The second-order valence-electron chi connectivity index (χ2n) is 5.38. The maximum atomic E-state index is 12.6. The monoisotopic (exact) mass is 374 g/mol. The predicted molar refractivity (Wildman–Crippen MR) is 90.3 cm³/mol. The van der Waals surface area contributed by atoms with Crippen molar-refractivity contribution in [1.82, 2.24) is 0 Å². The molecule has 0 amide bonds.